The zero-order valence-corrected chi connectivity index (χ0v) is 5.56. The Kier molecular flexibility index (Phi) is 12.4. The van der Waals surface area contributed by atoms with Crippen LogP contribution in [0.15, 0.2) is 0 Å². The summed E-state index contributed by atoms with van der Waals surface area (Å²) in [6.07, 6.45) is 0.750. The SMILES string of the molecule is CCN(C)C.N=C=O. The van der Waals surface area contributed by atoms with Crippen LogP contribution in [0.5, 0.6) is 0 Å². The highest BCUT2D eigenvalue weighted by Gasteiger charge is 1.72. The molecule has 0 aliphatic heterocycles. The predicted octanol–water partition coefficient (Wildman–Crippen LogP) is 0.469. The van der Waals surface area contributed by atoms with Gasteiger partial charge in [0.15, 0.2) is 0 Å². The van der Waals surface area contributed by atoms with E-state index in [1.807, 2.05) is 0 Å². The molecule has 0 amide bonds. The maximum absolute atomic E-state index is 8.35. The molecule has 0 saturated carbocycles. The summed E-state index contributed by atoms with van der Waals surface area (Å²) in [6, 6.07) is 0. The van der Waals surface area contributed by atoms with Crippen molar-refractivity contribution in [2.45, 2.75) is 6.92 Å². The Bertz CT molecular complexity index is 64.8. The van der Waals surface area contributed by atoms with Crippen LogP contribution in [0.4, 0.5) is 0 Å². The number of nitrogens with one attached hydrogen (secondary N) is 1. The molecule has 3 nitrogen and oxygen atoms in total. The molecule has 0 aliphatic rings. The van der Waals surface area contributed by atoms with Gasteiger partial charge in [-0.25, -0.2) is 10.2 Å². The lowest BCUT2D eigenvalue weighted by molar-refractivity contribution is 0.434. The van der Waals surface area contributed by atoms with Gasteiger partial charge in [-0.05, 0) is 20.6 Å². The second-order valence-electron chi connectivity index (χ2n) is 1.50. The van der Waals surface area contributed by atoms with Crippen molar-refractivity contribution < 1.29 is 4.79 Å². The minimum absolute atomic E-state index is 0.750. The van der Waals surface area contributed by atoms with Crippen LogP contribution in [0, 0.1) is 5.41 Å². The van der Waals surface area contributed by atoms with E-state index in [0.29, 0.717) is 0 Å². The Hall–Kier alpha value is -0.660. The van der Waals surface area contributed by atoms with Gasteiger partial charge in [-0.1, -0.05) is 6.92 Å². The molecular formula is C5H12N2O. The summed E-state index contributed by atoms with van der Waals surface area (Å²) in [6.45, 7) is 3.26. The summed E-state index contributed by atoms with van der Waals surface area (Å²) in [5.74, 6) is 0. The van der Waals surface area contributed by atoms with Crippen LogP contribution in [0.3, 0.4) is 0 Å². The van der Waals surface area contributed by atoms with Crippen molar-refractivity contribution in [3.8, 4) is 0 Å². The van der Waals surface area contributed by atoms with Crippen molar-refractivity contribution in [1.82, 2.24) is 4.90 Å². The summed E-state index contributed by atoms with van der Waals surface area (Å²) < 4.78 is 0. The highest BCUT2D eigenvalue weighted by molar-refractivity contribution is 5.26. The van der Waals surface area contributed by atoms with Gasteiger partial charge >= 0.3 is 0 Å². The molecule has 0 heterocycles. The number of nitrogens with zero attached hydrogens (tertiary/aromatic N) is 1. The van der Waals surface area contributed by atoms with E-state index >= 15 is 0 Å². The smallest absolute Gasteiger partial charge is 0.231 e. The van der Waals surface area contributed by atoms with Gasteiger partial charge in [0, 0.05) is 0 Å². The van der Waals surface area contributed by atoms with Crippen molar-refractivity contribution in [3.63, 3.8) is 0 Å². The van der Waals surface area contributed by atoms with E-state index in [4.69, 9.17) is 10.2 Å². The molecule has 1 N–H and O–H groups in total. The third-order valence-electron chi connectivity index (χ3n) is 0.632. The first kappa shape index (κ1) is 10.3. The Balaban J connectivity index is 0. The van der Waals surface area contributed by atoms with E-state index in [2.05, 4.69) is 25.9 Å². The molecule has 0 unspecified atom stereocenters. The number of isocyanates is 1. The second-order valence-corrected chi connectivity index (χ2v) is 1.50. The molecule has 3 heteroatoms. The topological polar surface area (TPSA) is 44.2 Å². The number of rotatable bonds is 1. The fourth-order valence-electron chi connectivity index (χ4n) is 0. The van der Waals surface area contributed by atoms with Crippen LogP contribution < -0.4 is 0 Å². The zero-order valence-electron chi connectivity index (χ0n) is 5.56. The van der Waals surface area contributed by atoms with Crippen LogP contribution in [-0.2, 0) is 4.79 Å². The molecule has 0 aromatic heterocycles. The molecular weight excluding hydrogens is 104 g/mol. The molecule has 0 atom stereocenters. The number of carbonyl (C=O) groups excluding carboxylic acids is 1. The average molecular weight is 116 g/mol. The molecule has 0 aromatic carbocycles. The van der Waals surface area contributed by atoms with Crippen LogP contribution in [-0.4, -0.2) is 31.6 Å². The van der Waals surface area contributed by atoms with Crippen LogP contribution >= 0.6 is 0 Å². The van der Waals surface area contributed by atoms with Crippen LogP contribution in [0.25, 0.3) is 0 Å². The molecule has 0 aliphatic carbocycles. The molecule has 8 heavy (non-hydrogen) atoms. The first-order chi connectivity index (χ1) is 3.68. The lowest BCUT2D eigenvalue weighted by Crippen LogP contribution is -2.08. The number of hydrogen-bond donors (Lipinski definition) is 1. The van der Waals surface area contributed by atoms with E-state index in [-0.39, 0.29) is 0 Å². The molecule has 0 bridgehead atoms. The summed E-state index contributed by atoms with van der Waals surface area (Å²) in [4.78, 5) is 10.5. The van der Waals surface area contributed by atoms with Gasteiger partial charge in [0.05, 0.1) is 0 Å². The molecule has 0 aromatic rings. The van der Waals surface area contributed by atoms with E-state index < -0.39 is 0 Å². The third-order valence-corrected chi connectivity index (χ3v) is 0.632. The summed E-state index contributed by atoms with van der Waals surface area (Å²) in [7, 11) is 4.11. The minimum atomic E-state index is 0.750. The maximum Gasteiger partial charge on any atom is 0.231 e. The lowest BCUT2D eigenvalue weighted by Gasteiger charge is -2.00. The first-order valence-corrected chi connectivity index (χ1v) is 2.37. The summed E-state index contributed by atoms with van der Waals surface area (Å²) in [5.41, 5.74) is 0. The van der Waals surface area contributed by atoms with Crippen LogP contribution in [0.2, 0.25) is 0 Å². The van der Waals surface area contributed by atoms with Gasteiger partial charge in [-0.2, -0.15) is 0 Å². The van der Waals surface area contributed by atoms with Gasteiger partial charge in [0.25, 0.3) is 0 Å². The Morgan fingerprint density at radius 3 is 1.75 bits per heavy atom. The Morgan fingerprint density at radius 1 is 1.62 bits per heavy atom. The molecule has 0 saturated heterocycles. The van der Waals surface area contributed by atoms with Crippen molar-refractivity contribution >= 4 is 6.08 Å². The summed E-state index contributed by atoms with van der Waals surface area (Å²) >= 11 is 0. The Labute approximate surface area is 49.8 Å². The van der Waals surface area contributed by atoms with Crippen molar-refractivity contribution in [1.29, 1.82) is 5.41 Å². The zero-order chi connectivity index (χ0) is 6.99. The van der Waals surface area contributed by atoms with E-state index in [0.717, 1.165) is 12.6 Å². The largest absolute Gasteiger partial charge is 0.310 e. The maximum atomic E-state index is 8.35. The average Bonchev–Trinajstić information content (AvgIpc) is 1.69. The van der Waals surface area contributed by atoms with Gasteiger partial charge in [0.2, 0.25) is 6.08 Å². The molecule has 0 spiro atoms. The third kappa shape index (κ3) is 56.0. The molecule has 0 fully saturated rings. The van der Waals surface area contributed by atoms with E-state index in [1.165, 1.54) is 0 Å². The first-order valence-electron chi connectivity index (χ1n) is 2.37. The molecule has 0 radical (unpaired) electrons. The van der Waals surface area contributed by atoms with Gasteiger partial charge in [-0.15, -0.1) is 0 Å². The highest BCUT2D eigenvalue weighted by Crippen LogP contribution is 1.63. The quantitative estimate of drug-likeness (QED) is 0.399. The van der Waals surface area contributed by atoms with E-state index in [1.54, 1.807) is 0 Å². The van der Waals surface area contributed by atoms with Gasteiger partial charge in [-0.3, -0.25) is 0 Å². The van der Waals surface area contributed by atoms with Gasteiger partial charge in [0.1, 0.15) is 0 Å². The van der Waals surface area contributed by atoms with Crippen molar-refractivity contribution in [2.75, 3.05) is 20.6 Å². The summed E-state index contributed by atoms with van der Waals surface area (Å²) in [5, 5.41) is 5.40. The standard InChI is InChI=1S/C4H11N.CHNO/c1-4-5(2)3;2-1-3/h4H2,1-3H3;2H. The monoisotopic (exact) mass is 116 g/mol. The second kappa shape index (κ2) is 9.60. The highest BCUT2D eigenvalue weighted by atomic mass is 16.1. The van der Waals surface area contributed by atoms with Crippen LogP contribution in [0.1, 0.15) is 6.92 Å². The predicted molar refractivity (Wildman–Crippen MR) is 32.6 cm³/mol. The van der Waals surface area contributed by atoms with Crippen molar-refractivity contribution in [3.05, 3.63) is 0 Å². The fourth-order valence-corrected chi connectivity index (χ4v) is 0. The molecule has 0 rings (SSSR count). The Morgan fingerprint density at radius 2 is 1.75 bits per heavy atom. The minimum Gasteiger partial charge on any atom is -0.310 e. The normalized spacial score (nSPS) is 7.00. The number of hydrogen-bond acceptors (Lipinski definition) is 3. The van der Waals surface area contributed by atoms with Gasteiger partial charge < -0.3 is 4.90 Å². The molecule has 48 valence electrons. The van der Waals surface area contributed by atoms with E-state index in [9.17, 15) is 0 Å². The fraction of sp³-hybridized carbons (Fsp3) is 0.800. The van der Waals surface area contributed by atoms with Crippen molar-refractivity contribution in [2.24, 2.45) is 0 Å². The lowest BCUT2D eigenvalue weighted by atomic mass is 10.7.